The Bertz CT molecular complexity index is 349. The van der Waals surface area contributed by atoms with E-state index < -0.39 is 12.0 Å². The number of carboxylic acid groups (broad SMARTS) is 1. The van der Waals surface area contributed by atoms with Crippen molar-refractivity contribution in [3.05, 3.63) is 35.4 Å². The molecular formula is C10H11NO2. The molecule has 13 heavy (non-hydrogen) atoms. The lowest BCUT2D eigenvalue weighted by atomic mass is 10.1. The van der Waals surface area contributed by atoms with Crippen LogP contribution in [0, 0.1) is 0 Å². The molecule has 1 aliphatic rings. The zero-order valence-electron chi connectivity index (χ0n) is 7.40. The van der Waals surface area contributed by atoms with E-state index in [2.05, 4.69) is 0 Å². The lowest BCUT2D eigenvalue weighted by Gasteiger charge is -2.14. The van der Waals surface area contributed by atoms with Crippen molar-refractivity contribution < 1.29 is 9.90 Å². The van der Waals surface area contributed by atoms with Crippen LogP contribution in [0.1, 0.15) is 17.2 Å². The predicted octanol–water partition coefficient (Wildman–Crippen LogP) is 1.26. The van der Waals surface area contributed by atoms with E-state index >= 15 is 0 Å². The molecule has 0 fully saturated rings. The highest BCUT2D eigenvalue weighted by molar-refractivity contribution is 5.77. The van der Waals surface area contributed by atoms with Crippen molar-refractivity contribution in [1.29, 1.82) is 0 Å². The Labute approximate surface area is 76.6 Å². The van der Waals surface area contributed by atoms with Crippen molar-refractivity contribution in [3.63, 3.8) is 0 Å². The quantitative estimate of drug-likeness (QED) is 0.702. The molecule has 1 heterocycles. The zero-order chi connectivity index (χ0) is 9.42. The smallest absolute Gasteiger partial charge is 0.325 e. The van der Waals surface area contributed by atoms with E-state index in [0.717, 1.165) is 17.7 Å². The van der Waals surface area contributed by atoms with E-state index in [4.69, 9.17) is 5.11 Å². The standard InChI is InChI=1S/C10H11NO2/c1-11-6-7-4-2-3-5-8(7)9(11)10(12)13/h2-5,9H,6H2,1H3,(H,12,13). The molecule has 0 saturated heterocycles. The Morgan fingerprint density at radius 2 is 2.23 bits per heavy atom. The fourth-order valence-corrected chi connectivity index (χ4v) is 1.86. The van der Waals surface area contributed by atoms with Crippen molar-refractivity contribution in [1.82, 2.24) is 4.90 Å². The number of nitrogens with zero attached hydrogens (tertiary/aromatic N) is 1. The van der Waals surface area contributed by atoms with E-state index in [0.29, 0.717) is 0 Å². The van der Waals surface area contributed by atoms with Gasteiger partial charge in [0.2, 0.25) is 0 Å². The van der Waals surface area contributed by atoms with Crippen LogP contribution in [-0.4, -0.2) is 23.0 Å². The van der Waals surface area contributed by atoms with Crippen LogP contribution in [0.25, 0.3) is 0 Å². The summed E-state index contributed by atoms with van der Waals surface area (Å²) in [6.45, 7) is 0.729. The van der Waals surface area contributed by atoms with Crippen molar-refractivity contribution in [2.75, 3.05) is 7.05 Å². The average Bonchev–Trinajstić information content (AvgIpc) is 2.39. The maximum absolute atomic E-state index is 10.9. The monoisotopic (exact) mass is 177 g/mol. The summed E-state index contributed by atoms with van der Waals surface area (Å²) in [5.74, 6) is -0.771. The zero-order valence-corrected chi connectivity index (χ0v) is 7.40. The number of benzene rings is 1. The van der Waals surface area contributed by atoms with E-state index in [1.807, 2.05) is 36.2 Å². The Morgan fingerprint density at radius 1 is 1.54 bits per heavy atom. The average molecular weight is 177 g/mol. The Morgan fingerprint density at radius 3 is 2.92 bits per heavy atom. The molecule has 1 aromatic carbocycles. The summed E-state index contributed by atoms with van der Waals surface area (Å²) in [5.41, 5.74) is 2.05. The van der Waals surface area contributed by atoms with E-state index in [9.17, 15) is 4.79 Å². The number of likely N-dealkylation sites (N-methyl/N-ethyl adjacent to an activating group) is 1. The van der Waals surface area contributed by atoms with Crippen LogP contribution in [-0.2, 0) is 11.3 Å². The number of fused-ring (bicyclic) bond motifs is 1. The van der Waals surface area contributed by atoms with Crippen LogP contribution in [0.2, 0.25) is 0 Å². The molecule has 1 aliphatic heterocycles. The first-order chi connectivity index (χ1) is 6.20. The highest BCUT2D eigenvalue weighted by Gasteiger charge is 2.32. The van der Waals surface area contributed by atoms with Crippen molar-refractivity contribution in [2.45, 2.75) is 12.6 Å². The minimum Gasteiger partial charge on any atom is -0.480 e. The van der Waals surface area contributed by atoms with Gasteiger partial charge in [0.25, 0.3) is 0 Å². The molecular weight excluding hydrogens is 166 g/mol. The van der Waals surface area contributed by atoms with E-state index in [1.54, 1.807) is 0 Å². The van der Waals surface area contributed by atoms with Crippen molar-refractivity contribution >= 4 is 5.97 Å². The minimum atomic E-state index is -0.771. The van der Waals surface area contributed by atoms with Crippen molar-refractivity contribution in [2.24, 2.45) is 0 Å². The minimum absolute atomic E-state index is 0.462. The summed E-state index contributed by atoms with van der Waals surface area (Å²) in [4.78, 5) is 12.8. The second kappa shape index (κ2) is 2.85. The van der Waals surface area contributed by atoms with Crippen LogP contribution in [0.4, 0.5) is 0 Å². The Kier molecular flexibility index (Phi) is 1.81. The molecule has 0 radical (unpaired) electrons. The highest BCUT2D eigenvalue weighted by Crippen LogP contribution is 2.31. The normalized spacial score (nSPS) is 21.5. The molecule has 0 aliphatic carbocycles. The molecule has 2 rings (SSSR count). The third-order valence-corrected chi connectivity index (χ3v) is 2.44. The molecule has 1 aromatic rings. The summed E-state index contributed by atoms with van der Waals surface area (Å²) >= 11 is 0. The number of hydrogen-bond acceptors (Lipinski definition) is 2. The van der Waals surface area contributed by atoms with Gasteiger partial charge < -0.3 is 5.11 Å². The van der Waals surface area contributed by atoms with Gasteiger partial charge in [0.1, 0.15) is 6.04 Å². The molecule has 3 heteroatoms. The maximum Gasteiger partial charge on any atom is 0.325 e. The fraction of sp³-hybridized carbons (Fsp3) is 0.300. The molecule has 1 atom stereocenters. The largest absolute Gasteiger partial charge is 0.480 e. The van der Waals surface area contributed by atoms with Gasteiger partial charge in [0.05, 0.1) is 0 Å². The maximum atomic E-state index is 10.9. The van der Waals surface area contributed by atoms with E-state index in [1.165, 1.54) is 0 Å². The molecule has 1 unspecified atom stereocenters. The molecule has 3 nitrogen and oxygen atoms in total. The van der Waals surface area contributed by atoms with Gasteiger partial charge in [-0.1, -0.05) is 24.3 Å². The summed E-state index contributed by atoms with van der Waals surface area (Å²) in [5, 5.41) is 8.99. The van der Waals surface area contributed by atoms with Gasteiger partial charge in [-0.2, -0.15) is 0 Å². The predicted molar refractivity (Wildman–Crippen MR) is 48.3 cm³/mol. The van der Waals surface area contributed by atoms with Crippen LogP contribution in [0.5, 0.6) is 0 Å². The molecule has 1 N–H and O–H groups in total. The first-order valence-electron chi connectivity index (χ1n) is 4.21. The Balaban J connectivity index is 2.46. The van der Waals surface area contributed by atoms with E-state index in [-0.39, 0.29) is 0 Å². The van der Waals surface area contributed by atoms with Crippen LogP contribution in [0.3, 0.4) is 0 Å². The lowest BCUT2D eigenvalue weighted by molar-refractivity contribution is -0.142. The van der Waals surface area contributed by atoms with Gasteiger partial charge in [0, 0.05) is 6.54 Å². The third-order valence-electron chi connectivity index (χ3n) is 2.44. The number of carboxylic acids is 1. The first-order valence-corrected chi connectivity index (χ1v) is 4.21. The molecule has 68 valence electrons. The second-order valence-electron chi connectivity index (χ2n) is 3.35. The summed E-state index contributed by atoms with van der Waals surface area (Å²) in [7, 11) is 1.83. The summed E-state index contributed by atoms with van der Waals surface area (Å²) in [6.07, 6.45) is 0. The number of carbonyl (C=O) groups is 1. The van der Waals surface area contributed by atoms with Crippen LogP contribution < -0.4 is 0 Å². The summed E-state index contributed by atoms with van der Waals surface area (Å²) < 4.78 is 0. The summed E-state index contributed by atoms with van der Waals surface area (Å²) in [6, 6.07) is 7.23. The van der Waals surface area contributed by atoms with Gasteiger partial charge in [0.15, 0.2) is 0 Å². The van der Waals surface area contributed by atoms with Crippen LogP contribution in [0.15, 0.2) is 24.3 Å². The van der Waals surface area contributed by atoms with Crippen molar-refractivity contribution in [3.8, 4) is 0 Å². The third kappa shape index (κ3) is 1.21. The topological polar surface area (TPSA) is 40.5 Å². The Hall–Kier alpha value is -1.35. The van der Waals surface area contributed by atoms with Gasteiger partial charge in [-0.3, -0.25) is 9.69 Å². The van der Waals surface area contributed by atoms with Gasteiger partial charge in [-0.15, -0.1) is 0 Å². The second-order valence-corrected chi connectivity index (χ2v) is 3.35. The number of aliphatic carboxylic acids is 1. The fourth-order valence-electron chi connectivity index (χ4n) is 1.86. The molecule has 0 spiro atoms. The molecule has 0 amide bonds. The molecule has 0 saturated carbocycles. The lowest BCUT2D eigenvalue weighted by Crippen LogP contribution is -2.24. The first kappa shape index (κ1) is 8.26. The van der Waals surface area contributed by atoms with Gasteiger partial charge in [-0.25, -0.2) is 0 Å². The SMILES string of the molecule is CN1Cc2ccccc2C1C(=O)O. The number of rotatable bonds is 1. The molecule has 0 aromatic heterocycles. The van der Waals surface area contributed by atoms with Gasteiger partial charge in [-0.05, 0) is 18.2 Å². The van der Waals surface area contributed by atoms with Crippen LogP contribution >= 0.6 is 0 Å². The van der Waals surface area contributed by atoms with Gasteiger partial charge >= 0.3 is 5.97 Å². The molecule has 0 bridgehead atoms. The highest BCUT2D eigenvalue weighted by atomic mass is 16.4. The number of hydrogen-bond donors (Lipinski definition) is 1.